The first kappa shape index (κ1) is 12.1. The summed E-state index contributed by atoms with van der Waals surface area (Å²) in [6.07, 6.45) is 0. The number of thioether (sulfide) groups is 1. The predicted octanol–water partition coefficient (Wildman–Crippen LogP) is 2.70. The highest BCUT2D eigenvalue weighted by atomic mass is 32.2. The maximum Gasteiger partial charge on any atom is 0.313 e. The Morgan fingerprint density at radius 2 is 2.07 bits per heavy atom. The van der Waals surface area contributed by atoms with E-state index in [0.29, 0.717) is 0 Å². The highest BCUT2D eigenvalue weighted by Gasteiger charge is 2.20. The van der Waals surface area contributed by atoms with Gasteiger partial charge in [-0.3, -0.25) is 4.79 Å². The molecule has 0 fully saturated rings. The highest BCUT2D eigenvalue weighted by molar-refractivity contribution is 7.99. The topological polar surface area (TPSA) is 26.3 Å². The summed E-state index contributed by atoms with van der Waals surface area (Å²) in [5.74, 6) is 1.51. The van der Waals surface area contributed by atoms with Crippen LogP contribution < -0.4 is 0 Å². The summed E-state index contributed by atoms with van der Waals surface area (Å²) in [5, 5.41) is 0. The first-order valence-electron chi connectivity index (χ1n) is 5.00. The van der Waals surface area contributed by atoms with Gasteiger partial charge in [0.15, 0.2) is 0 Å². The molecular weight excluding hydrogens is 208 g/mol. The van der Waals surface area contributed by atoms with Crippen LogP contribution in [0.4, 0.5) is 0 Å². The summed E-state index contributed by atoms with van der Waals surface area (Å²) in [7, 11) is 1.44. The van der Waals surface area contributed by atoms with Crippen molar-refractivity contribution < 1.29 is 9.53 Å². The van der Waals surface area contributed by atoms with Crippen molar-refractivity contribution >= 4 is 17.7 Å². The minimum absolute atomic E-state index is 0.138. The number of methoxy groups -OCH3 is 1. The lowest BCUT2D eigenvalue weighted by Gasteiger charge is -2.13. The molecule has 0 saturated carbocycles. The maximum absolute atomic E-state index is 11.6. The van der Waals surface area contributed by atoms with Gasteiger partial charge in [0.25, 0.3) is 0 Å². The lowest BCUT2D eigenvalue weighted by Crippen LogP contribution is -2.16. The van der Waals surface area contributed by atoms with Crippen molar-refractivity contribution in [3.63, 3.8) is 0 Å². The van der Waals surface area contributed by atoms with E-state index in [9.17, 15) is 4.79 Å². The van der Waals surface area contributed by atoms with Crippen molar-refractivity contribution in [2.45, 2.75) is 12.8 Å². The second-order valence-corrected chi connectivity index (χ2v) is 4.46. The average molecular weight is 224 g/mol. The molecule has 0 N–H and O–H groups in total. The van der Waals surface area contributed by atoms with Crippen molar-refractivity contribution in [2.24, 2.45) is 0 Å². The first-order chi connectivity index (χ1) is 7.29. The number of rotatable bonds is 5. The van der Waals surface area contributed by atoms with Gasteiger partial charge in [0.1, 0.15) is 0 Å². The van der Waals surface area contributed by atoms with Gasteiger partial charge in [-0.2, -0.15) is 11.8 Å². The van der Waals surface area contributed by atoms with E-state index in [2.05, 4.69) is 6.92 Å². The molecule has 15 heavy (non-hydrogen) atoms. The van der Waals surface area contributed by atoms with Gasteiger partial charge in [-0.15, -0.1) is 0 Å². The fourth-order valence-corrected chi connectivity index (χ4v) is 2.16. The molecule has 0 aliphatic rings. The summed E-state index contributed by atoms with van der Waals surface area (Å²) in [5.41, 5.74) is 1.03. The van der Waals surface area contributed by atoms with Crippen molar-refractivity contribution in [1.82, 2.24) is 0 Å². The van der Waals surface area contributed by atoms with Crippen LogP contribution in [-0.2, 0) is 9.53 Å². The van der Waals surface area contributed by atoms with Crippen LogP contribution in [0.2, 0.25) is 0 Å². The van der Waals surface area contributed by atoms with Crippen LogP contribution in [0.5, 0.6) is 0 Å². The third-order valence-corrected chi connectivity index (χ3v) is 3.15. The number of hydrogen-bond donors (Lipinski definition) is 0. The molecule has 0 heterocycles. The molecule has 0 saturated heterocycles. The third-order valence-electron chi connectivity index (χ3n) is 2.18. The zero-order valence-electron chi connectivity index (χ0n) is 9.10. The fraction of sp³-hybridized carbons (Fsp3) is 0.417. The van der Waals surface area contributed by atoms with Gasteiger partial charge in [0.2, 0.25) is 0 Å². The van der Waals surface area contributed by atoms with E-state index in [1.54, 1.807) is 11.8 Å². The van der Waals surface area contributed by atoms with Crippen LogP contribution in [0.1, 0.15) is 18.4 Å². The van der Waals surface area contributed by atoms with Crippen LogP contribution >= 0.6 is 11.8 Å². The van der Waals surface area contributed by atoms with E-state index in [4.69, 9.17) is 4.74 Å². The van der Waals surface area contributed by atoms with Gasteiger partial charge in [-0.05, 0) is 11.3 Å². The van der Waals surface area contributed by atoms with Gasteiger partial charge < -0.3 is 4.74 Å². The minimum atomic E-state index is -0.151. The average Bonchev–Trinajstić information content (AvgIpc) is 2.30. The molecule has 2 nitrogen and oxygen atoms in total. The molecule has 0 bridgehead atoms. The number of ether oxygens (including phenoxy) is 1. The van der Waals surface area contributed by atoms with Gasteiger partial charge >= 0.3 is 5.97 Å². The number of carbonyl (C=O) groups excluding carboxylic acids is 1. The molecule has 0 radical (unpaired) electrons. The van der Waals surface area contributed by atoms with E-state index in [1.807, 2.05) is 30.3 Å². The minimum Gasteiger partial charge on any atom is -0.469 e. The van der Waals surface area contributed by atoms with E-state index in [1.165, 1.54) is 7.11 Å². The van der Waals surface area contributed by atoms with Gasteiger partial charge in [-0.25, -0.2) is 0 Å². The van der Waals surface area contributed by atoms with Crippen molar-refractivity contribution in [3.8, 4) is 0 Å². The Morgan fingerprint density at radius 3 is 2.60 bits per heavy atom. The summed E-state index contributed by atoms with van der Waals surface area (Å²) in [4.78, 5) is 11.6. The second kappa shape index (κ2) is 6.51. The SMILES string of the molecule is CCSCC(C(=O)OC)c1ccccc1. The Labute approximate surface area is 95.0 Å². The maximum atomic E-state index is 11.6. The Hall–Kier alpha value is -0.960. The Morgan fingerprint density at radius 1 is 1.40 bits per heavy atom. The van der Waals surface area contributed by atoms with Gasteiger partial charge in [-0.1, -0.05) is 37.3 Å². The molecule has 0 aliphatic carbocycles. The number of hydrogen-bond acceptors (Lipinski definition) is 3. The molecule has 0 aliphatic heterocycles. The quantitative estimate of drug-likeness (QED) is 0.719. The Bertz CT molecular complexity index is 298. The number of benzene rings is 1. The molecule has 1 unspecified atom stereocenters. The predicted molar refractivity (Wildman–Crippen MR) is 64.2 cm³/mol. The largest absolute Gasteiger partial charge is 0.469 e. The fourth-order valence-electron chi connectivity index (χ4n) is 1.36. The van der Waals surface area contributed by atoms with Crippen LogP contribution in [0.25, 0.3) is 0 Å². The zero-order chi connectivity index (χ0) is 11.1. The van der Waals surface area contributed by atoms with Crippen LogP contribution in [0, 0.1) is 0 Å². The molecular formula is C12H16O2S. The van der Waals surface area contributed by atoms with E-state index in [-0.39, 0.29) is 11.9 Å². The molecule has 0 amide bonds. The number of esters is 1. The smallest absolute Gasteiger partial charge is 0.313 e. The Kier molecular flexibility index (Phi) is 5.26. The molecule has 1 rings (SSSR count). The summed E-state index contributed by atoms with van der Waals surface area (Å²) < 4.78 is 4.81. The Balaban J connectivity index is 2.76. The van der Waals surface area contributed by atoms with Crippen LogP contribution in [0.15, 0.2) is 30.3 Å². The van der Waals surface area contributed by atoms with Gasteiger partial charge in [0.05, 0.1) is 13.0 Å². The summed E-state index contributed by atoms with van der Waals surface area (Å²) >= 11 is 1.75. The lowest BCUT2D eigenvalue weighted by atomic mass is 10.0. The standard InChI is InChI=1S/C12H16O2S/c1-3-15-9-11(12(13)14-2)10-7-5-4-6-8-10/h4-8,11H,3,9H2,1-2H3. The van der Waals surface area contributed by atoms with Crippen molar-refractivity contribution in [3.05, 3.63) is 35.9 Å². The van der Waals surface area contributed by atoms with Crippen molar-refractivity contribution in [1.29, 1.82) is 0 Å². The van der Waals surface area contributed by atoms with Crippen LogP contribution in [0.3, 0.4) is 0 Å². The molecule has 3 heteroatoms. The van der Waals surface area contributed by atoms with Gasteiger partial charge in [0, 0.05) is 5.75 Å². The lowest BCUT2D eigenvalue weighted by molar-refractivity contribution is -0.141. The normalized spacial score (nSPS) is 12.1. The summed E-state index contributed by atoms with van der Waals surface area (Å²) in [6, 6.07) is 9.78. The molecule has 0 aromatic heterocycles. The van der Waals surface area contributed by atoms with E-state index >= 15 is 0 Å². The monoisotopic (exact) mass is 224 g/mol. The second-order valence-electron chi connectivity index (χ2n) is 3.15. The van der Waals surface area contributed by atoms with E-state index in [0.717, 1.165) is 17.1 Å². The highest BCUT2D eigenvalue weighted by Crippen LogP contribution is 2.21. The van der Waals surface area contributed by atoms with Crippen molar-refractivity contribution in [2.75, 3.05) is 18.6 Å². The zero-order valence-corrected chi connectivity index (χ0v) is 9.92. The molecule has 0 spiro atoms. The van der Waals surface area contributed by atoms with Crippen LogP contribution in [-0.4, -0.2) is 24.6 Å². The molecule has 1 aromatic rings. The molecule has 82 valence electrons. The first-order valence-corrected chi connectivity index (χ1v) is 6.15. The molecule has 1 aromatic carbocycles. The summed E-state index contributed by atoms with van der Waals surface area (Å²) in [6.45, 7) is 2.09. The molecule has 1 atom stereocenters. The van der Waals surface area contributed by atoms with E-state index < -0.39 is 0 Å². The number of carbonyl (C=O) groups is 1. The third kappa shape index (κ3) is 3.59.